The molecule has 0 radical (unpaired) electrons. The van der Waals surface area contributed by atoms with Crippen molar-refractivity contribution in [3.05, 3.63) is 52.6 Å². The minimum absolute atomic E-state index is 0.0457. The Bertz CT molecular complexity index is 902. The monoisotopic (exact) mass is 425 g/mol. The summed E-state index contributed by atoms with van der Waals surface area (Å²) in [6.45, 7) is 1.71. The van der Waals surface area contributed by atoms with Crippen LogP contribution in [0.4, 0.5) is 17.6 Å². The number of ether oxygens (including phenoxy) is 1. The van der Waals surface area contributed by atoms with Gasteiger partial charge in [0, 0.05) is 31.7 Å². The molecule has 2 aromatic rings. The van der Waals surface area contributed by atoms with E-state index in [0.29, 0.717) is 30.9 Å². The summed E-state index contributed by atoms with van der Waals surface area (Å²) in [4.78, 5) is 14.4. The highest BCUT2D eigenvalue weighted by Gasteiger charge is 2.41. The van der Waals surface area contributed by atoms with Gasteiger partial charge in [-0.05, 0) is 42.9 Å². The van der Waals surface area contributed by atoms with E-state index >= 15 is 0 Å². The molecule has 162 valence electrons. The zero-order valence-electron chi connectivity index (χ0n) is 16.4. The van der Waals surface area contributed by atoms with Crippen LogP contribution in [-0.4, -0.2) is 40.3 Å². The molecule has 0 saturated carbocycles. The lowest BCUT2D eigenvalue weighted by atomic mass is 9.95. The summed E-state index contributed by atoms with van der Waals surface area (Å²) in [5.41, 5.74) is 0.301. The van der Waals surface area contributed by atoms with Crippen LogP contribution in [0.3, 0.4) is 0 Å². The highest BCUT2D eigenvalue weighted by atomic mass is 19.4. The Morgan fingerprint density at radius 3 is 2.53 bits per heavy atom. The van der Waals surface area contributed by atoms with Crippen molar-refractivity contribution in [2.45, 2.75) is 44.9 Å². The first-order valence-electron chi connectivity index (χ1n) is 10.1. The number of carbonyl (C=O) groups is 1. The molecule has 30 heavy (non-hydrogen) atoms. The third-order valence-corrected chi connectivity index (χ3v) is 5.81. The maximum Gasteiger partial charge on any atom is 0.435 e. The third-order valence-electron chi connectivity index (χ3n) is 5.81. The molecule has 1 fully saturated rings. The molecule has 0 unspecified atom stereocenters. The second-order valence-corrected chi connectivity index (χ2v) is 7.88. The Kier molecular flexibility index (Phi) is 5.81. The van der Waals surface area contributed by atoms with Gasteiger partial charge in [0.25, 0.3) is 0 Å². The Morgan fingerprint density at radius 1 is 1.17 bits per heavy atom. The fourth-order valence-electron chi connectivity index (χ4n) is 4.14. The average molecular weight is 425 g/mol. The molecule has 2 aliphatic rings. The molecule has 0 atom stereocenters. The largest absolute Gasteiger partial charge is 0.435 e. The van der Waals surface area contributed by atoms with Crippen LogP contribution in [0.1, 0.15) is 41.8 Å². The van der Waals surface area contributed by atoms with Gasteiger partial charge in [0.05, 0.1) is 18.8 Å². The highest BCUT2D eigenvalue weighted by Crippen LogP contribution is 2.35. The van der Waals surface area contributed by atoms with Crippen LogP contribution in [0.25, 0.3) is 0 Å². The molecule has 1 aromatic heterocycles. The second-order valence-electron chi connectivity index (χ2n) is 7.88. The molecule has 1 amide bonds. The number of fused-ring (bicyclic) bond motifs is 1. The second kappa shape index (κ2) is 8.37. The molecule has 0 spiro atoms. The number of benzene rings is 1. The van der Waals surface area contributed by atoms with Crippen LogP contribution in [0.15, 0.2) is 24.3 Å². The van der Waals surface area contributed by atoms with Crippen molar-refractivity contribution >= 4 is 5.91 Å². The van der Waals surface area contributed by atoms with Gasteiger partial charge in [0.15, 0.2) is 5.69 Å². The number of carbonyl (C=O) groups excluding carboxylic acids is 1. The molecule has 5 nitrogen and oxygen atoms in total. The van der Waals surface area contributed by atoms with Gasteiger partial charge in [0.1, 0.15) is 5.82 Å². The topological polar surface area (TPSA) is 47.4 Å². The van der Waals surface area contributed by atoms with Crippen LogP contribution < -0.4 is 0 Å². The molecule has 1 saturated heterocycles. The fourth-order valence-corrected chi connectivity index (χ4v) is 4.14. The molecule has 4 rings (SSSR count). The lowest BCUT2D eigenvalue weighted by Gasteiger charge is -2.30. The van der Waals surface area contributed by atoms with Gasteiger partial charge in [-0.1, -0.05) is 12.1 Å². The normalized spacial score (nSPS) is 17.8. The summed E-state index contributed by atoms with van der Waals surface area (Å²) in [7, 11) is 0. The standard InChI is InChI=1S/C21H23F4N3O2/c22-16-3-1-15(2-4-16)12-28-18-13-27(19(29)11-14-6-9-30-10-7-14)8-5-17(18)20(26-28)21(23,24)25/h1-4,14H,5-13H2. The van der Waals surface area contributed by atoms with Gasteiger partial charge in [-0.15, -0.1) is 0 Å². The number of hydrogen-bond donors (Lipinski definition) is 0. The molecular formula is C21H23F4N3O2. The van der Waals surface area contributed by atoms with Crippen LogP contribution in [0, 0.1) is 11.7 Å². The predicted octanol–water partition coefficient (Wildman–Crippen LogP) is 3.79. The summed E-state index contributed by atoms with van der Waals surface area (Å²) < 4.78 is 60.4. The minimum Gasteiger partial charge on any atom is -0.381 e. The van der Waals surface area contributed by atoms with E-state index in [-0.39, 0.29) is 43.4 Å². The van der Waals surface area contributed by atoms with Crippen molar-refractivity contribution in [1.82, 2.24) is 14.7 Å². The summed E-state index contributed by atoms with van der Waals surface area (Å²) in [5, 5.41) is 3.83. The first-order valence-corrected chi connectivity index (χ1v) is 10.1. The zero-order valence-corrected chi connectivity index (χ0v) is 16.4. The van der Waals surface area contributed by atoms with E-state index in [2.05, 4.69) is 5.10 Å². The minimum atomic E-state index is -4.56. The molecule has 1 aromatic carbocycles. The SMILES string of the molecule is O=C(CC1CCOCC1)N1CCc2c(C(F)(F)F)nn(Cc3ccc(F)cc3)c2C1. The van der Waals surface area contributed by atoms with Crippen molar-refractivity contribution in [3.63, 3.8) is 0 Å². The van der Waals surface area contributed by atoms with Crippen LogP contribution in [0.5, 0.6) is 0 Å². The average Bonchev–Trinajstić information content (AvgIpc) is 3.08. The smallest absolute Gasteiger partial charge is 0.381 e. The lowest BCUT2D eigenvalue weighted by Crippen LogP contribution is -2.38. The van der Waals surface area contributed by atoms with Gasteiger partial charge < -0.3 is 9.64 Å². The van der Waals surface area contributed by atoms with Crippen molar-refractivity contribution in [2.24, 2.45) is 5.92 Å². The molecule has 2 aliphatic heterocycles. The molecule has 0 bridgehead atoms. The van der Waals surface area contributed by atoms with Crippen LogP contribution >= 0.6 is 0 Å². The van der Waals surface area contributed by atoms with Gasteiger partial charge >= 0.3 is 6.18 Å². The van der Waals surface area contributed by atoms with Crippen molar-refractivity contribution < 1.29 is 27.1 Å². The van der Waals surface area contributed by atoms with E-state index in [0.717, 1.165) is 12.8 Å². The van der Waals surface area contributed by atoms with Gasteiger partial charge in [-0.3, -0.25) is 9.48 Å². The molecule has 0 aliphatic carbocycles. The van der Waals surface area contributed by atoms with Crippen molar-refractivity contribution in [1.29, 1.82) is 0 Å². The number of rotatable bonds is 4. The maximum absolute atomic E-state index is 13.5. The predicted molar refractivity (Wildman–Crippen MR) is 100 cm³/mol. The van der Waals surface area contributed by atoms with Crippen LogP contribution in [-0.2, 0) is 35.2 Å². The van der Waals surface area contributed by atoms with E-state index in [1.807, 2.05) is 0 Å². The van der Waals surface area contributed by atoms with E-state index in [9.17, 15) is 22.4 Å². The summed E-state index contributed by atoms with van der Waals surface area (Å²) in [5.74, 6) is -0.208. The zero-order chi connectivity index (χ0) is 21.3. The molecule has 3 heterocycles. The van der Waals surface area contributed by atoms with E-state index < -0.39 is 17.7 Å². The van der Waals surface area contributed by atoms with Gasteiger partial charge in [-0.2, -0.15) is 18.3 Å². The number of amides is 1. The first-order chi connectivity index (χ1) is 14.3. The Hall–Kier alpha value is -2.42. The summed E-state index contributed by atoms with van der Waals surface area (Å²) in [6.07, 6.45) is -2.41. The Balaban J connectivity index is 1.56. The van der Waals surface area contributed by atoms with Gasteiger partial charge in [-0.25, -0.2) is 4.39 Å². The van der Waals surface area contributed by atoms with Crippen molar-refractivity contribution in [3.8, 4) is 0 Å². The number of hydrogen-bond acceptors (Lipinski definition) is 3. The van der Waals surface area contributed by atoms with E-state index in [1.54, 1.807) is 4.90 Å². The van der Waals surface area contributed by atoms with Gasteiger partial charge in [0.2, 0.25) is 5.91 Å². The Labute approximate surface area is 171 Å². The number of halogens is 4. The maximum atomic E-state index is 13.5. The van der Waals surface area contributed by atoms with E-state index in [4.69, 9.17) is 4.74 Å². The number of nitrogens with zero attached hydrogens (tertiary/aromatic N) is 3. The molecular weight excluding hydrogens is 402 g/mol. The number of aromatic nitrogens is 2. The van der Waals surface area contributed by atoms with Crippen molar-refractivity contribution in [2.75, 3.05) is 19.8 Å². The summed E-state index contributed by atoms with van der Waals surface area (Å²) in [6, 6.07) is 5.57. The third kappa shape index (κ3) is 4.50. The first kappa shape index (κ1) is 20.8. The molecule has 9 heteroatoms. The summed E-state index contributed by atoms with van der Waals surface area (Å²) >= 11 is 0. The Morgan fingerprint density at radius 2 is 1.87 bits per heavy atom. The quantitative estimate of drug-likeness (QED) is 0.701. The van der Waals surface area contributed by atoms with Crippen LogP contribution in [0.2, 0.25) is 0 Å². The fraction of sp³-hybridized carbons (Fsp3) is 0.524. The number of alkyl halides is 3. The van der Waals surface area contributed by atoms with E-state index in [1.165, 1.54) is 28.9 Å². The lowest BCUT2D eigenvalue weighted by molar-refractivity contribution is -0.142. The molecule has 0 N–H and O–H groups in total. The highest BCUT2D eigenvalue weighted by molar-refractivity contribution is 5.76.